The average Bonchev–Trinajstić information content (AvgIpc) is 2.43. The Morgan fingerprint density at radius 1 is 1.09 bits per heavy atom. The average molecular weight is 300 g/mol. The first-order chi connectivity index (χ1) is 10.3. The van der Waals surface area contributed by atoms with Crippen LogP contribution in [0.1, 0.15) is 29.8 Å². The molecule has 0 radical (unpaired) electrons. The first-order valence-corrected chi connectivity index (χ1v) is 6.90. The van der Waals surface area contributed by atoms with Crippen molar-refractivity contribution in [2.45, 2.75) is 26.1 Å². The van der Waals surface area contributed by atoms with Crippen LogP contribution < -0.4 is 16.2 Å². The van der Waals surface area contributed by atoms with Crippen molar-refractivity contribution in [1.82, 2.24) is 0 Å². The molecule has 0 fully saturated rings. The van der Waals surface area contributed by atoms with Gasteiger partial charge in [0, 0.05) is 16.9 Å². The maximum absolute atomic E-state index is 11.9. The van der Waals surface area contributed by atoms with Gasteiger partial charge in [0.2, 0.25) is 0 Å². The van der Waals surface area contributed by atoms with Crippen molar-refractivity contribution >= 4 is 17.2 Å². The van der Waals surface area contributed by atoms with Crippen LogP contribution in [0, 0.1) is 0 Å². The van der Waals surface area contributed by atoms with E-state index in [1.54, 1.807) is 42.5 Å². The number of ketones is 1. The van der Waals surface area contributed by atoms with Gasteiger partial charge in [0.25, 0.3) is 0 Å². The topological polar surface area (TPSA) is 98.6 Å². The van der Waals surface area contributed by atoms with Crippen LogP contribution in [0.15, 0.2) is 42.5 Å². The number of Topliss-reactive ketones (excluding diaryl/α,β-unsaturated/α-hetero) is 1. The third-order valence-corrected chi connectivity index (χ3v) is 3.12. The Morgan fingerprint density at radius 3 is 2.14 bits per heavy atom. The number of hydrogen-bond donors (Lipinski definition) is 3. The Hall–Kier alpha value is -2.53. The summed E-state index contributed by atoms with van der Waals surface area (Å²) in [5, 5.41) is 9.71. The molecule has 0 spiro atoms. The van der Waals surface area contributed by atoms with E-state index in [2.05, 4.69) is 0 Å². The number of aliphatic hydroxyl groups is 1. The second kappa shape index (κ2) is 6.07. The highest BCUT2D eigenvalue weighted by Gasteiger charge is 2.24. The van der Waals surface area contributed by atoms with Crippen LogP contribution in [0.2, 0.25) is 0 Å². The molecular weight excluding hydrogens is 280 g/mol. The van der Waals surface area contributed by atoms with E-state index in [9.17, 15) is 9.90 Å². The molecule has 0 amide bonds. The monoisotopic (exact) mass is 300 g/mol. The first kappa shape index (κ1) is 15.9. The fraction of sp³-hybridized carbons (Fsp3) is 0.235. The maximum Gasteiger partial charge on any atom is 0.193 e. The van der Waals surface area contributed by atoms with Gasteiger partial charge in [-0.25, -0.2) is 0 Å². The van der Waals surface area contributed by atoms with Crippen LogP contribution >= 0.6 is 0 Å². The van der Waals surface area contributed by atoms with E-state index in [0.29, 0.717) is 29.3 Å². The number of nitrogens with two attached hydrogens (primary N) is 2. The summed E-state index contributed by atoms with van der Waals surface area (Å²) in [4.78, 5) is 11.9. The Balaban J connectivity index is 2.04. The minimum absolute atomic E-state index is 0.327. The molecule has 2 aromatic carbocycles. The highest BCUT2D eigenvalue weighted by atomic mass is 16.5. The molecule has 22 heavy (non-hydrogen) atoms. The lowest BCUT2D eigenvalue weighted by molar-refractivity contribution is 0.0488. The summed E-state index contributed by atoms with van der Waals surface area (Å²) in [5.74, 6) is 0.288. The third kappa shape index (κ3) is 3.99. The largest absolute Gasteiger partial charge is 0.489 e. The highest BCUT2D eigenvalue weighted by molar-refractivity contribution is 6.01. The summed E-state index contributed by atoms with van der Waals surface area (Å²) in [5.41, 5.74) is 12.5. The van der Waals surface area contributed by atoms with E-state index in [1.165, 1.54) is 13.8 Å². The van der Waals surface area contributed by atoms with Crippen molar-refractivity contribution in [1.29, 1.82) is 0 Å². The predicted molar refractivity (Wildman–Crippen MR) is 86.7 cm³/mol. The van der Waals surface area contributed by atoms with Crippen LogP contribution in [0.3, 0.4) is 0 Å². The molecule has 0 saturated carbocycles. The fourth-order valence-corrected chi connectivity index (χ4v) is 2.05. The van der Waals surface area contributed by atoms with E-state index >= 15 is 0 Å². The maximum atomic E-state index is 11.9. The van der Waals surface area contributed by atoms with Gasteiger partial charge in [0.15, 0.2) is 5.78 Å². The molecule has 0 atom stereocenters. The van der Waals surface area contributed by atoms with Gasteiger partial charge >= 0.3 is 0 Å². The van der Waals surface area contributed by atoms with Gasteiger partial charge in [0.1, 0.15) is 18.0 Å². The molecule has 2 rings (SSSR count). The lowest BCUT2D eigenvalue weighted by Gasteiger charge is -2.15. The Kier molecular flexibility index (Phi) is 4.37. The summed E-state index contributed by atoms with van der Waals surface area (Å²) < 4.78 is 5.64. The zero-order chi connectivity index (χ0) is 16.3. The molecular formula is C17H20N2O3. The van der Waals surface area contributed by atoms with Gasteiger partial charge in [-0.3, -0.25) is 4.79 Å². The minimum Gasteiger partial charge on any atom is -0.489 e. The Morgan fingerprint density at radius 2 is 1.64 bits per heavy atom. The SMILES string of the molecule is CC(C)(O)C(=O)c1ccc(OCc2cc(N)cc(N)c2)cc1. The lowest BCUT2D eigenvalue weighted by Crippen LogP contribution is -2.30. The summed E-state index contributed by atoms with van der Waals surface area (Å²) in [6, 6.07) is 11.9. The second-order valence-electron chi connectivity index (χ2n) is 5.71. The van der Waals surface area contributed by atoms with Gasteiger partial charge < -0.3 is 21.3 Å². The molecule has 0 heterocycles. The van der Waals surface area contributed by atoms with Gasteiger partial charge in [-0.2, -0.15) is 0 Å². The predicted octanol–water partition coefficient (Wildman–Crippen LogP) is 2.38. The number of ether oxygens (including phenoxy) is 1. The first-order valence-electron chi connectivity index (χ1n) is 6.90. The number of anilines is 2. The number of hydrogen-bond acceptors (Lipinski definition) is 5. The highest BCUT2D eigenvalue weighted by Crippen LogP contribution is 2.19. The molecule has 2 aromatic rings. The zero-order valence-electron chi connectivity index (χ0n) is 12.7. The Bertz CT molecular complexity index is 653. The third-order valence-electron chi connectivity index (χ3n) is 3.12. The number of nitrogen functional groups attached to an aromatic ring is 2. The molecule has 0 aliphatic heterocycles. The fourth-order valence-electron chi connectivity index (χ4n) is 2.05. The van der Waals surface area contributed by atoms with Crippen LogP contribution in [0.25, 0.3) is 0 Å². The van der Waals surface area contributed by atoms with Crippen molar-refractivity contribution in [3.05, 3.63) is 53.6 Å². The van der Waals surface area contributed by atoms with Crippen LogP contribution in [0.4, 0.5) is 11.4 Å². The van der Waals surface area contributed by atoms with E-state index in [4.69, 9.17) is 16.2 Å². The van der Waals surface area contributed by atoms with Crippen molar-refractivity contribution < 1.29 is 14.6 Å². The molecule has 5 N–H and O–H groups in total. The number of carbonyl (C=O) groups excluding carboxylic acids is 1. The summed E-state index contributed by atoms with van der Waals surface area (Å²) in [6.45, 7) is 3.25. The van der Waals surface area contributed by atoms with Gasteiger partial charge in [0.05, 0.1) is 0 Å². The van der Waals surface area contributed by atoms with E-state index in [0.717, 1.165) is 5.56 Å². The molecule has 0 aliphatic carbocycles. The lowest BCUT2D eigenvalue weighted by atomic mass is 9.97. The molecule has 5 nitrogen and oxygen atoms in total. The van der Waals surface area contributed by atoms with Crippen LogP contribution in [0.5, 0.6) is 5.75 Å². The van der Waals surface area contributed by atoms with Gasteiger partial charge in [-0.05, 0) is 61.9 Å². The van der Waals surface area contributed by atoms with Gasteiger partial charge in [-0.15, -0.1) is 0 Å². The van der Waals surface area contributed by atoms with Crippen LogP contribution in [-0.2, 0) is 6.61 Å². The normalized spacial score (nSPS) is 11.2. The number of carbonyl (C=O) groups is 1. The molecule has 0 unspecified atom stereocenters. The molecule has 5 heteroatoms. The van der Waals surface area contributed by atoms with Gasteiger partial charge in [-0.1, -0.05) is 0 Å². The molecule has 116 valence electrons. The molecule has 0 aliphatic rings. The quantitative estimate of drug-likeness (QED) is 0.581. The van der Waals surface area contributed by atoms with E-state index < -0.39 is 5.60 Å². The Labute approximate surface area is 129 Å². The number of rotatable bonds is 5. The van der Waals surface area contributed by atoms with Crippen molar-refractivity contribution in [3.63, 3.8) is 0 Å². The standard InChI is InChI=1S/C17H20N2O3/c1-17(2,21)16(20)12-3-5-15(6-4-12)22-10-11-7-13(18)9-14(19)8-11/h3-9,21H,10,18-19H2,1-2H3. The molecule has 0 saturated heterocycles. The van der Waals surface area contributed by atoms with Crippen molar-refractivity contribution in [2.24, 2.45) is 0 Å². The minimum atomic E-state index is -1.39. The van der Waals surface area contributed by atoms with E-state index in [-0.39, 0.29) is 5.78 Å². The van der Waals surface area contributed by atoms with Crippen molar-refractivity contribution in [2.75, 3.05) is 11.5 Å². The number of benzene rings is 2. The van der Waals surface area contributed by atoms with Crippen LogP contribution in [-0.4, -0.2) is 16.5 Å². The zero-order valence-corrected chi connectivity index (χ0v) is 12.7. The second-order valence-corrected chi connectivity index (χ2v) is 5.71. The molecule has 0 aromatic heterocycles. The summed E-state index contributed by atoms with van der Waals surface area (Å²) in [7, 11) is 0. The van der Waals surface area contributed by atoms with Crippen molar-refractivity contribution in [3.8, 4) is 5.75 Å². The summed E-state index contributed by atoms with van der Waals surface area (Å²) >= 11 is 0. The molecule has 0 bridgehead atoms. The summed E-state index contributed by atoms with van der Waals surface area (Å²) in [6.07, 6.45) is 0. The smallest absolute Gasteiger partial charge is 0.193 e. The van der Waals surface area contributed by atoms with E-state index in [1.807, 2.05) is 0 Å².